The van der Waals surface area contributed by atoms with Gasteiger partial charge in [-0.15, -0.1) is 4.40 Å². The van der Waals surface area contributed by atoms with Crippen LogP contribution in [0.5, 0.6) is 0 Å². The molecule has 1 amide bonds. The van der Waals surface area contributed by atoms with Crippen molar-refractivity contribution < 1.29 is 21.6 Å². The fraction of sp³-hybridized carbons (Fsp3) is 0.167. The summed E-state index contributed by atoms with van der Waals surface area (Å²) in [6, 6.07) is 19.4. The Hall–Kier alpha value is -3.25. The Labute approximate surface area is 214 Å². The number of amidine groups is 1. The number of amides is 1. The first-order chi connectivity index (χ1) is 17.2. The summed E-state index contributed by atoms with van der Waals surface area (Å²) in [6.45, 7) is 0.807. The SMILES string of the molecule is O=C(c1ccc(NC2=NS(=O)(=O)c3ccccc32)cc1)N1CCN(S(=O)(=O)c2ccccc2Cl)CC1. The van der Waals surface area contributed by atoms with E-state index in [1.807, 2.05) is 0 Å². The molecule has 1 N–H and O–H groups in total. The van der Waals surface area contributed by atoms with Crippen molar-refractivity contribution in [2.75, 3.05) is 31.5 Å². The lowest BCUT2D eigenvalue weighted by molar-refractivity contribution is 0.0698. The summed E-state index contributed by atoms with van der Waals surface area (Å²) in [4.78, 5) is 14.8. The molecule has 186 valence electrons. The topological polar surface area (TPSA) is 116 Å². The Balaban J connectivity index is 1.24. The van der Waals surface area contributed by atoms with Crippen molar-refractivity contribution in [2.24, 2.45) is 4.40 Å². The monoisotopic (exact) mass is 544 g/mol. The highest BCUT2D eigenvalue weighted by Gasteiger charge is 2.32. The largest absolute Gasteiger partial charge is 0.339 e. The minimum atomic E-state index is -3.75. The minimum Gasteiger partial charge on any atom is -0.339 e. The second kappa shape index (κ2) is 9.32. The van der Waals surface area contributed by atoms with E-state index in [1.54, 1.807) is 59.5 Å². The number of benzene rings is 3. The Bertz CT molecular complexity index is 1580. The van der Waals surface area contributed by atoms with E-state index >= 15 is 0 Å². The lowest BCUT2D eigenvalue weighted by Crippen LogP contribution is -2.50. The maximum absolute atomic E-state index is 13.0. The molecule has 0 saturated carbocycles. The number of halogens is 1. The van der Waals surface area contributed by atoms with E-state index in [9.17, 15) is 21.6 Å². The predicted octanol–water partition coefficient (Wildman–Crippen LogP) is 3.05. The highest BCUT2D eigenvalue weighted by atomic mass is 35.5. The van der Waals surface area contributed by atoms with Gasteiger partial charge in [-0.25, -0.2) is 8.42 Å². The van der Waals surface area contributed by atoms with E-state index in [0.717, 1.165) is 0 Å². The Morgan fingerprint density at radius 3 is 2.22 bits per heavy atom. The lowest BCUT2D eigenvalue weighted by Gasteiger charge is -2.34. The highest BCUT2D eigenvalue weighted by molar-refractivity contribution is 7.90. The van der Waals surface area contributed by atoms with Gasteiger partial charge in [-0.1, -0.05) is 35.9 Å². The highest BCUT2D eigenvalue weighted by Crippen LogP contribution is 2.27. The minimum absolute atomic E-state index is 0.0526. The molecule has 3 aromatic rings. The summed E-state index contributed by atoms with van der Waals surface area (Å²) >= 11 is 6.08. The first-order valence-electron chi connectivity index (χ1n) is 11.0. The number of piperazine rings is 1. The molecule has 1 fully saturated rings. The van der Waals surface area contributed by atoms with Crippen LogP contribution in [0, 0.1) is 0 Å². The van der Waals surface area contributed by atoms with Gasteiger partial charge in [-0.05, 0) is 48.5 Å². The number of sulfonamides is 2. The second-order valence-corrected chi connectivity index (χ2v) is 12.1. The van der Waals surface area contributed by atoms with Crippen LogP contribution in [0.25, 0.3) is 0 Å². The fourth-order valence-corrected chi connectivity index (χ4v) is 7.23. The standard InChI is InChI=1S/C24H21ClN4O5S2/c25-20-6-2-4-8-22(20)36(33,34)29-15-13-28(14-16-29)24(30)17-9-11-18(12-10-17)26-23-19-5-1-3-7-21(19)35(31,32)27-23/h1-12H,13-16H2,(H,26,27). The van der Waals surface area contributed by atoms with Gasteiger partial charge in [-0.3, -0.25) is 4.79 Å². The molecule has 0 bridgehead atoms. The van der Waals surface area contributed by atoms with Crippen molar-refractivity contribution in [2.45, 2.75) is 9.79 Å². The van der Waals surface area contributed by atoms with E-state index in [2.05, 4.69) is 9.71 Å². The molecular formula is C24H21ClN4O5S2. The molecule has 0 aliphatic carbocycles. The molecule has 0 radical (unpaired) electrons. The van der Waals surface area contributed by atoms with Crippen molar-refractivity contribution in [3.05, 3.63) is 88.9 Å². The van der Waals surface area contributed by atoms with Crippen LogP contribution in [0.2, 0.25) is 5.02 Å². The van der Waals surface area contributed by atoms with Gasteiger partial charge in [0.2, 0.25) is 10.0 Å². The van der Waals surface area contributed by atoms with Gasteiger partial charge in [0.1, 0.15) is 9.79 Å². The number of nitrogens with zero attached hydrogens (tertiary/aromatic N) is 3. The first kappa shape index (κ1) is 24.4. The summed E-state index contributed by atoms with van der Waals surface area (Å²) in [7, 11) is -7.49. The van der Waals surface area contributed by atoms with Crippen molar-refractivity contribution in [1.82, 2.24) is 9.21 Å². The Morgan fingerprint density at radius 1 is 0.889 bits per heavy atom. The third-order valence-electron chi connectivity index (χ3n) is 6.01. The number of hydrogen-bond donors (Lipinski definition) is 1. The molecule has 9 nitrogen and oxygen atoms in total. The lowest BCUT2D eigenvalue weighted by atomic mass is 10.1. The molecule has 1 saturated heterocycles. The molecule has 0 spiro atoms. The maximum Gasteiger partial charge on any atom is 0.285 e. The summed E-state index contributed by atoms with van der Waals surface area (Å²) in [5.74, 6) is 0.00278. The van der Waals surface area contributed by atoms with Crippen LogP contribution in [0.1, 0.15) is 15.9 Å². The molecule has 2 aliphatic rings. The van der Waals surface area contributed by atoms with Gasteiger partial charge in [0.05, 0.1) is 5.02 Å². The molecule has 2 aliphatic heterocycles. The van der Waals surface area contributed by atoms with E-state index in [-0.39, 0.29) is 52.7 Å². The van der Waals surface area contributed by atoms with Crippen LogP contribution < -0.4 is 5.32 Å². The van der Waals surface area contributed by atoms with Gasteiger partial charge in [0.25, 0.3) is 15.9 Å². The number of anilines is 1. The summed E-state index contributed by atoms with van der Waals surface area (Å²) in [5, 5.41) is 3.16. The smallest absolute Gasteiger partial charge is 0.285 e. The molecule has 3 aromatic carbocycles. The number of nitrogens with one attached hydrogen (secondary N) is 1. The first-order valence-corrected chi connectivity index (χ1v) is 14.3. The number of rotatable bonds is 4. The van der Waals surface area contributed by atoms with Crippen molar-refractivity contribution in [1.29, 1.82) is 0 Å². The van der Waals surface area contributed by atoms with Crippen molar-refractivity contribution in [3.8, 4) is 0 Å². The van der Waals surface area contributed by atoms with Gasteiger partial charge in [0.15, 0.2) is 5.84 Å². The molecule has 36 heavy (non-hydrogen) atoms. The average Bonchev–Trinajstić information content (AvgIpc) is 3.14. The van der Waals surface area contributed by atoms with Gasteiger partial charge in [-0.2, -0.15) is 12.7 Å². The van der Waals surface area contributed by atoms with E-state index in [1.165, 1.54) is 22.5 Å². The normalized spacial score (nSPS) is 17.4. The average molecular weight is 545 g/mol. The maximum atomic E-state index is 13.0. The zero-order valence-corrected chi connectivity index (χ0v) is 21.2. The Kier molecular flexibility index (Phi) is 6.33. The van der Waals surface area contributed by atoms with Crippen molar-refractivity contribution >= 4 is 49.1 Å². The molecule has 2 heterocycles. The van der Waals surface area contributed by atoms with Crippen LogP contribution in [0.15, 0.2) is 87.0 Å². The molecule has 5 rings (SSSR count). The van der Waals surface area contributed by atoms with E-state index in [4.69, 9.17) is 11.6 Å². The molecule has 0 unspecified atom stereocenters. The third-order valence-corrected chi connectivity index (χ3v) is 9.74. The number of carbonyl (C=O) groups is 1. The summed E-state index contributed by atoms with van der Waals surface area (Å²) in [5.41, 5.74) is 1.50. The van der Waals surface area contributed by atoms with Crippen molar-refractivity contribution in [3.63, 3.8) is 0 Å². The zero-order chi connectivity index (χ0) is 25.5. The number of fused-ring (bicyclic) bond motifs is 1. The molecular weight excluding hydrogens is 524 g/mol. The zero-order valence-electron chi connectivity index (χ0n) is 18.8. The molecule has 0 aromatic heterocycles. The van der Waals surface area contributed by atoms with Crippen LogP contribution in [0.4, 0.5) is 5.69 Å². The summed E-state index contributed by atoms with van der Waals surface area (Å²) in [6.07, 6.45) is 0. The molecule has 0 atom stereocenters. The van der Waals surface area contributed by atoms with E-state index in [0.29, 0.717) is 16.8 Å². The molecule has 12 heteroatoms. The van der Waals surface area contributed by atoms with Gasteiger partial charge >= 0.3 is 0 Å². The number of carbonyl (C=O) groups excluding carboxylic acids is 1. The predicted molar refractivity (Wildman–Crippen MR) is 136 cm³/mol. The Morgan fingerprint density at radius 2 is 1.53 bits per heavy atom. The second-order valence-electron chi connectivity index (χ2n) is 8.24. The van der Waals surface area contributed by atoms with Crippen LogP contribution >= 0.6 is 11.6 Å². The van der Waals surface area contributed by atoms with E-state index < -0.39 is 20.0 Å². The fourth-order valence-electron chi connectivity index (χ4n) is 4.14. The van der Waals surface area contributed by atoms with Gasteiger partial charge < -0.3 is 10.2 Å². The van der Waals surface area contributed by atoms with Gasteiger partial charge in [0, 0.05) is 43.0 Å². The van der Waals surface area contributed by atoms with Crippen LogP contribution in [-0.4, -0.2) is 64.0 Å². The van der Waals surface area contributed by atoms with Crippen LogP contribution in [0.3, 0.4) is 0 Å². The third kappa shape index (κ3) is 4.50. The van der Waals surface area contributed by atoms with Crippen LogP contribution in [-0.2, 0) is 20.0 Å². The quantitative estimate of drug-likeness (QED) is 0.539. The summed E-state index contributed by atoms with van der Waals surface area (Å²) < 4.78 is 55.5. The number of hydrogen-bond acceptors (Lipinski definition) is 6.